The van der Waals surface area contributed by atoms with E-state index in [1.165, 1.54) is 6.07 Å². The third-order valence-corrected chi connectivity index (χ3v) is 3.18. The van der Waals surface area contributed by atoms with Crippen LogP contribution in [0.4, 0.5) is 4.39 Å². The van der Waals surface area contributed by atoms with Crippen molar-refractivity contribution in [3.05, 3.63) is 58.9 Å². The van der Waals surface area contributed by atoms with E-state index >= 15 is 0 Å². The van der Waals surface area contributed by atoms with Gasteiger partial charge in [0.05, 0.1) is 11.6 Å². The van der Waals surface area contributed by atoms with Gasteiger partial charge in [-0.15, -0.1) is 0 Å². The molecule has 1 N–H and O–H groups in total. The molecule has 0 aliphatic rings. The molecule has 2 aromatic carbocycles. The lowest BCUT2D eigenvalue weighted by Crippen LogP contribution is -2.18. The van der Waals surface area contributed by atoms with Crippen molar-refractivity contribution >= 4 is 11.6 Å². The fourth-order valence-electron chi connectivity index (χ4n) is 1.79. The Morgan fingerprint density at radius 2 is 1.95 bits per heavy atom. The number of rotatable bonds is 7. The van der Waals surface area contributed by atoms with Gasteiger partial charge in [-0.05, 0) is 29.8 Å². The summed E-state index contributed by atoms with van der Waals surface area (Å²) in [7, 11) is 1.64. The smallest absolute Gasteiger partial charge is 0.166 e. The predicted molar refractivity (Wildman–Crippen MR) is 81.5 cm³/mol. The molecule has 0 radical (unpaired) electrons. The van der Waals surface area contributed by atoms with Crippen LogP contribution in [0.15, 0.2) is 42.5 Å². The minimum atomic E-state index is -0.416. The van der Waals surface area contributed by atoms with E-state index in [0.29, 0.717) is 23.9 Å². The van der Waals surface area contributed by atoms with Crippen molar-refractivity contribution in [1.29, 1.82) is 0 Å². The number of para-hydroxylation sites is 1. The minimum absolute atomic E-state index is 0.156. The fourth-order valence-corrected chi connectivity index (χ4v) is 1.96. The van der Waals surface area contributed by atoms with Crippen LogP contribution in [0, 0.1) is 5.82 Å². The highest BCUT2D eigenvalue weighted by molar-refractivity contribution is 6.32. The molecule has 3 nitrogen and oxygen atoms in total. The largest absolute Gasteiger partial charge is 0.453 e. The summed E-state index contributed by atoms with van der Waals surface area (Å²) in [6, 6.07) is 11.8. The molecule has 112 valence electrons. The van der Waals surface area contributed by atoms with Gasteiger partial charge < -0.3 is 14.8 Å². The Labute approximate surface area is 128 Å². The number of methoxy groups -OCH3 is 1. The molecule has 0 spiro atoms. The Bertz CT molecular complexity index is 592. The Kier molecular flexibility index (Phi) is 5.99. The molecule has 21 heavy (non-hydrogen) atoms. The van der Waals surface area contributed by atoms with Crippen LogP contribution in [0.25, 0.3) is 0 Å². The zero-order valence-corrected chi connectivity index (χ0v) is 12.5. The molecule has 0 fully saturated rings. The maximum Gasteiger partial charge on any atom is 0.166 e. The maximum absolute atomic E-state index is 14.0. The van der Waals surface area contributed by atoms with E-state index in [1.54, 1.807) is 37.4 Å². The predicted octanol–water partition coefficient (Wildman–Crippen LogP) is 4.01. The van der Waals surface area contributed by atoms with E-state index in [4.69, 9.17) is 21.1 Å². The quantitative estimate of drug-likeness (QED) is 0.784. The van der Waals surface area contributed by atoms with Gasteiger partial charge in [0.15, 0.2) is 11.6 Å². The fraction of sp³-hybridized carbons (Fsp3) is 0.250. The summed E-state index contributed by atoms with van der Waals surface area (Å²) in [4.78, 5) is 0. The van der Waals surface area contributed by atoms with Crippen molar-refractivity contribution in [2.75, 3.05) is 20.3 Å². The van der Waals surface area contributed by atoms with Crippen LogP contribution in [0.1, 0.15) is 5.56 Å². The Hall–Kier alpha value is -1.62. The highest BCUT2D eigenvalue weighted by Crippen LogP contribution is 2.30. The van der Waals surface area contributed by atoms with Crippen LogP contribution in [0.5, 0.6) is 11.5 Å². The van der Waals surface area contributed by atoms with E-state index in [2.05, 4.69) is 5.32 Å². The van der Waals surface area contributed by atoms with E-state index in [9.17, 15) is 4.39 Å². The minimum Gasteiger partial charge on any atom is -0.453 e. The van der Waals surface area contributed by atoms with Crippen molar-refractivity contribution < 1.29 is 13.9 Å². The second kappa shape index (κ2) is 7.98. The van der Waals surface area contributed by atoms with Gasteiger partial charge in [0.1, 0.15) is 5.75 Å². The van der Waals surface area contributed by atoms with Gasteiger partial charge in [-0.25, -0.2) is 4.39 Å². The molecule has 0 aromatic heterocycles. The standard InChI is InChI=1S/C16H17ClFNO2/c1-20-9-8-19-11-12-6-7-16(14(18)10-12)21-15-5-3-2-4-13(15)17/h2-7,10,19H,8-9,11H2,1H3. The number of nitrogens with one attached hydrogen (secondary N) is 1. The average molecular weight is 310 g/mol. The zero-order valence-electron chi connectivity index (χ0n) is 11.7. The van der Waals surface area contributed by atoms with Gasteiger partial charge >= 0.3 is 0 Å². The normalized spacial score (nSPS) is 10.6. The summed E-state index contributed by atoms with van der Waals surface area (Å²) in [5, 5.41) is 3.60. The first-order chi connectivity index (χ1) is 10.2. The first-order valence-electron chi connectivity index (χ1n) is 6.61. The number of ether oxygens (including phenoxy) is 2. The Morgan fingerprint density at radius 1 is 1.14 bits per heavy atom. The Balaban J connectivity index is 2.01. The van der Waals surface area contributed by atoms with E-state index in [0.717, 1.165) is 12.1 Å². The van der Waals surface area contributed by atoms with Crippen LogP contribution in [-0.4, -0.2) is 20.3 Å². The number of hydrogen-bond donors (Lipinski definition) is 1. The van der Waals surface area contributed by atoms with Crippen molar-refractivity contribution in [2.24, 2.45) is 0 Å². The molecule has 0 saturated heterocycles. The number of hydrogen-bond acceptors (Lipinski definition) is 3. The molecule has 2 rings (SSSR count). The van der Waals surface area contributed by atoms with Crippen LogP contribution in [0.2, 0.25) is 5.02 Å². The van der Waals surface area contributed by atoms with E-state index in [1.807, 2.05) is 6.07 Å². The van der Waals surface area contributed by atoms with Gasteiger partial charge in [-0.2, -0.15) is 0 Å². The van der Waals surface area contributed by atoms with E-state index < -0.39 is 5.82 Å². The number of halogens is 2. The van der Waals surface area contributed by atoms with Crippen LogP contribution in [-0.2, 0) is 11.3 Å². The highest BCUT2D eigenvalue weighted by Gasteiger charge is 2.08. The molecule has 2 aromatic rings. The summed E-state index contributed by atoms with van der Waals surface area (Å²) in [6.45, 7) is 1.92. The lowest BCUT2D eigenvalue weighted by Gasteiger charge is -2.10. The third kappa shape index (κ3) is 4.70. The van der Waals surface area contributed by atoms with Crippen molar-refractivity contribution in [2.45, 2.75) is 6.54 Å². The molecule has 0 saturated carbocycles. The van der Waals surface area contributed by atoms with Gasteiger partial charge in [0.2, 0.25) is 0 Å². The summed E-state index contributed by atoms with van der Waals surface area (Å²) in [6.07, 6.45) is 0. The molecule has 0 aliphatic heterocycles. The topological polar surface area (TPSA) is 30.5 Å². The lowest BCUT2D eigenvalue weighted by molar-refractivity contribution is 0.199. The Morgan fingerprint density at radius 3 is 2.67 bits per heavy atom. The van der Waals surface area contributed by atoms with Crippen molar-refractivity contribution in [3.63, 3.8) is 0 Å². The molecule has 0 bridgehead atoms. The summed E-state index contributed by atoms with van der Waals surface area (Å²) in [5.74, 6) is 0.175. The zero-order chi connectivity index (χ0) is 15.1. The molecular formula is C16H17ClFNO2. The van der Waals surface area contributed by atoms with Gasteiger partial charge in [0, 0.05) is 20.2 Å². The molecule has 0 amide bonds. The van der Waals surface area contributed by atoms with Gasteiger partial charge in [0.25, 0.3) is 0 Å². The van der Waals surface area contributed by atoms with Crippen LogP contribution in [0.3, 0.4) is 0 Å². The average Bonchev–Trinajstić information content (AvgIpc) is 2.48. The summed E-state index contributed by atoms with van der Waals surface area (Å²) < 4.78 is 24.4. The number of benzene rings is 2. The second-order valence-electron chi connectivity index (χ2n) is 4.47. The maximum atomic E-state index is 14.0. The molecule has 0 aliphatic carbocycles. The van der Waals surface area contributed by atoms with Crippen molar-refractivity contribution in [1.82, 2.24) is 5.32 Å². The highest BCUT2D eigenvalue weighted by atomic mass is 35.5. The molecular weight excluding hydrogens is 293 g/mol. The second-order valence-corrected chi connectivity index (χ2v) is 4.87. The summed E-state index contributed by atoms with van der Waals surface area (Å²) in [5.41, 5.74) is 0.843. The molecule has 0 heterocycles. The van der Waals surface area contributed by atoms with Gasteiger partial charge in [-0.3, -0.25) is 0 Å². The first-order valence-corrected chi connectivity index (χ1v) is 6.99. The van der Waals surface area contributed by atoms with Gasteiger partial charge in [-0.1, -0.05) is 29.8 Å². The summed E-state index contributed by atoms with van der Waals surface area (Å²) >= 11 is 5.99. The molecule has 5 heteroatoms. The van der Waals surface area contributed by atoms with Crippen LogP contribution < -0.4 is 10.1 Å². The molecule has 0 atom stereocenters. The van der Waals surface area contributed by atoms with Crippen LogP contribution >= 0.6 is 11.6 Å². The third-order valence-electron chi connectivity index (χ3n) is 2.86. The lowest BCUT2D eigenvalue weighted by atomic mass is 10.2. The first kappa shape index (κ1) is 15.8. The molecule has 0 unspecified atom stereocenters. The van der Waals surface area contributed by atoms with E-state index in [-0.39, 0.29) is 5.75 Å². The monoisotopic (exact) mass is 309 g/mol. The SMILES string of the molecule is COCCNCc1ccc(Oc2ccccc2Cl)c(F)c1. The van der Waals surface area contributed by atoms with Crippen molar-refractivity contribution in [3.8, 4) is 11.5 Å².